The summed E-state index contributed by atoms with van der Waals surface area (Å²) < 4.78 is 1.81. The van der Waals surface area contributed by atoms with Crippen LogP contribution in [-0.2, 0) is 18.3 Å². The minimum Gasteiger partial charge on any atom is -0.346 e. The van der Waals surface area contributed by atoms with Gasteiger partial charge in [-0.25, -0.2) is 4.98 Å². The highest BCUT2D eigenvalue weighted by Crippen LogP contribution is 2.19. The van der Waals surface area contributed by atoms with Gasteiger partial charge in [0.05, 0.1) is 30.0 Å². The largest absolute Gasteiger partial charge is 0.346 e. The molecule has 3 aromatic rings. The molecule has 0 aliphatic rings. The number of carbonyl (C=O) groups excluding carboxylic acids is 1. The van der Waals surface area contributed by atoms with Crippen LogP contribution < -0.4 is 5.32 Å². The van der Waals surface area contributed by atoms with Crippen molar-refractivity contribution in [1.29, 1.82) is 0 Å². The molecule has 1 amide bonds. The Morgan fingerprint density at radius 3 is 2.64 bits per heavy atom. The molecule has 0 saturated carbocycles. The van der Waals surface area contributed by atoms with Gasteiger partial charge in [0.1, 0.15) is 5.82 Å². The summed E-state index contributed by atoms with van der Waals surface area (Å²) >= 11 is 0. The second-order valence-corrected chi connectivity index (χ2v) is 6.29. The highest BCUT2D eigenvalue weighted by atomic mass is 16.1. The van der Waals surface area contributed by atoms with E-state index in [0.29, 0.717) is 6.42 Å². The van der Waals surface area contributed by atoms with Gasteiger partial charge < -0.3 is 10.3 Å². The molecule has 0 saturated heterocycles. The number of hydrogen-bond donors (Lipinski definition) is 2. The second-order valence-electron chi connectivity index (χ2n) is 6.29. The average Bonchev–Trinajstić information content (AvgIpc) is 3.17. The van der Waals surface area contributed by atoms with E-state index in [9.17, 15) is 4.79 Å². The minimum absolute atomic E-state index is 0.0376. The summed E-state index contributed by atoms with van der Waals surface area (Å²) in [6, 6.07) is 9.80. The maximum absolute atomic E-state index is 12.4. The van der Waals surface area contributed by atoms with Gasteiger partial charge >= 0.3 is 0 Å². The average molecular weight is 337 g/mol. The van der Waals surface area contributed by atoms with Gasteiger partial charge in [0.15, 0.2) is 0 Å². The van der Waals surface area contributed by atoms with Crippen LogP contribution in [0.2, 0.25) is 0 Å². The number of amides is 1. The van der Waals surface area contributed by atoms with Gasteiger partial charge in [-0.05, 0) is 26.3 Å². The zero-order valence-corrected chi connectivity index (χ0v) is 15.0. The van der Waals surface area contributed by atoms with Gasteiger partial charge in [0.2, 0.25) is 5.91 Å². The van der Waals surface area contributed by atoms with Crippen molar-refractivity contribution < 1.29 is 4.79 Å². The molecule has 1 atom stereocenters. The lowest BCUT2D eigenvalue weighted by atomic mass is 10.1. The van der Waals surface area contributed by atoms with Crippen molar-refractivity contribution >= 4 is 5.91 Å². The normalized spacial score (nSPS) is 12.2. The van der Waals surface area contributed by atoms with Gasteiger partial charge in [-0.2, -0.15) is 5.10 Å². The molecule has 25 heavy (non-hydrogen) atoms. The van der Waals surface area contributed by atoms with E-state index in [1.165, 1.54) is 0 Å². The second kappa shape index (κ2) is 6.93. The van der Waals surface area contributed by atoms with Gasteiger partial charge in [-0.3, -0.25) is 9.48 Å². The van der Waals surface area contributed by atoms with Crippen molar-refractivity contribution in [1.82, 2.24) is 25.1 Å². The summed E-state index contributed by atoms with van der Waals surface area (Å²) in [5.74, 6) is 0.705. The van der Waals surface area contributed by atoms with Crippen LogP contribution in [0.4, 0.5) is 0 Å². The number of imidazole rings is 1. The van der Waals surface area contributed by atoms with Gasteiger partial charge in [-0.1, -0.05) is 30.3 Å². The number of aromatic nitrogens is 4. The van der Waals surface area contributed by atoms with E-state index >= 15 is 0 Å². The number of nitrogens with one attached hydrogen (secondary N) is 2. The molecule has 6 nitrogen and oxygen atoms in total. The maximum Gasteiger partial charge on any atom is 0.225 e. The molecule has 0 spiro atoms. The molecule has 0 unspecified atom stereocenters. The minimum atomic E-state index is -0.192. The van der Waals surface area contributed by atoms with E-state index < -0.39 is 0 Å². The zero-order chi connectivity index (χ0) is 18.0. The van der Waals surface area contributed by atoms with Crippen molar-refractivity contribution in [3.05, 3.63) is 59.3 Å². The number of nitrogens with zero attached hydrogens (tertiary/aromatic N) is 3. The number of benzene rings is 1. The van der Waals surface area contributed by atoms with Crippen molar-refractivity contribution in [3.8, 4) is 11.3 Å². The fraction of sp³-hybridized carbons (Fsp3) is 0.316. The molecular weight excluding hydrogens is 314 g/mol. The molecule has 2 heterocycles. The van der Waals surface area contributed by atoms with Crippen molar-refractivity contribution in [2.45, 2.75) is 33.2 Å². The monoisotopic (exact) mass is 337 g/mol. The first-order valence-corrected chi connectivity index (χ1v) is 8.34. The Labute approximate surface area is 147 Å². The topological polar surface area (TPSA) is 75.6 Å². The molecule has 0 fully saturated rings. The highest BCUT2D eigenvalue weighted by Gasteiger charge is 2.17. The third-order valence-electron chi connectivity index (χ3n) is 4.46. The highest BCUT2D eigenvalue weighted by molar-refractivity contribution is 5.79. The summed E-state index contributed by atoms with van der Waals surface area (Å²) in [5, 5.41) is 7.36. The first-order valence-electron chi connectivity index (χ1n) is 8.34. The van der Waals surface area contributed by atoms with E-state index in [1.807, 2.05) is 58.2 Å². The summed E-state index contributed by atoms with van der Waals surface area (Å²) in [5.41, 5.74) is 4.91. The Morgan fingerprint density at radius 2 is 2.00 bits per heavy atom. The molecule has 0 radical (unpaired) electrons. The Bertz CT molecular complexity index is 879. The van der Waals surface area contributed by atoms with Crippen LogP contribution in [0.25, 0.3) is 11.3 Å². The summed E-state index contributed by atoms with van der Waals surface area (Å²) in [6.45, 7) is 5.83. The smallest absolute Gasteiger partial charge is 0.225 e. The Kier molecular flexibility index (Phi) is 4.70. The number of aromatic amines is 1. The Hall–Kier alpha value is -2.89. The predicted octanol–water partition coefficient (Wildman–Crippen LogP) is 2.85. The number of H-pyrrole nitrogens is 1. The van der Waals surface area contributed by atoms with Crippen LogP contribution in [0.15, 0.2) is 36.5 Å². The lowest BCUT2D eigenvalue weighted by molar-refractivity contribution is -0.121. The molecule has 0 aliphatic carbocycles. The molecule has 0 aliphatic heterocycles. The molecule has 3 rings (SSSR count). The number of aryl methyl sites for hydroxylation is 2. The molecule has 1 aromatic carbocycles. The van der Waals surface area contributed by atoms with E-state index in [0.717, 1.165) is 34.0 Å². The Morgan fingerprint density at radius 1 is 1.28 bits per heavy atom. The molecule has 0 bridgehead atoms. The standard InChI is InChI=1S/C19H23N5O/c1-12-16(14(3)24(4)23-12)10-18(25)21-13(2)19-20-11-17(22-19)15-8-6-5-7-9-15/h5-9,11,13H,10H2,1-4H3,(H,20,22)(H,21,25)/t13-/m1/s1. The van der Waals surface area contributed by atoms with E-state index in [2.05, 4.69) is 20.4 Å². The van der Waals surface area contributed by atoms with Crippen LogP contribution in [-0.4, -0.2) is 25.7 Å². The molecule has 130 valence electrons. The predicted molar refractivity (Wildman–Crippen MR) is 97.0 cm³/mol. The fourth-order valence-corrected chi connectivity index (χ4v) is 2.92. The molecular formula is C19H23N5O. The van der Waals surface area contributed by atoms with E-state index in [1.54, 1.807) is 10.9 Å². The number of rotatable bonds is 5. The van der Waals surface area contributed by atoms with Gasteiger partial charge in [0.25, 0.3) is 0 Å². The molecule has 2 N–H and O–H groups in total. The maximum atomic E-state index is 12.4. The van der Waals surface area contributed by atoms with Gasteiger partial charge in [0, 0.05) is 18.3 Å². The molecule has 6 heteroatoms. The zero-order valence-electron chi connectivity index (χ0n) is 15.0. The van der Waals surface area contributed by atoms with Crippen LogP contribution in [0.1, 0.15) is 35.7 Å². The van der Waals surface area contributed by atoms with Crippen LogP contribution in [0, 0.1) is 13.8 Å². The first kappa shape index (κ1) is 17.0. The van der Waals surface area contributed by atoms with Gasteiger partial charge in [-0.15, -0.1) is 0 Å². The summed E-state index contributed by atoms with van der Waals surface area (Å²) in [4.78, 5) is 20.1. The van der Waals surface area contributed by atoms with E-state index in [-0.39, 0.29) is 11.9 Å². The van der Waals surface area contributed by atoms with Crippen LogP contribution in [0.5, 0.6) is 0 Å². The quantitative estimate of drug-likeness (QED) is 0.752. The lowest BCUT2D eigenvalue weighted by Crippen LogP contribution is -2.29. The lowest BCUT2D eigenvalue weighted by Gasteiger charge is -2.12. The van der Waals surface area contributed by atoms with Crippen molar-refractivity contribution in [2.24, 2.45) is 7.05 Å². The number of hydrogen-bond acceptors (Lipinski definition) is 3. The third-order valence-corrected chi connectivity index (χ3v) is 4.46. The molecule has 2 aromatic heterocycles. The third kappa shape index (κ3) is 3.63. The van der Waals surface area contributed by atoms with Crippen molar-refractivity contribution in [3.63, 3.8) is 0 Å². The SMILES string of the molecule is Cc1nn(C)c(C)c1CC(=O)N[C@H](C)c1ncc(-c2ccccc2)[nH]1. The summed E-state index contributed by atoms with van der Waals surface area (Å²) in [7, 11) is 1.89. The van der Waals surface area contributed by atoms with Crippen molar-refractivity contribution in [2.75, 3.05) is 0 Å². The number of carbonyl (C=O) groups is 1. The van der Waals surface area contributed by atoms with E-state index in [4.69, 9.17) is 0 Å². The van der Waals surface area contributed by atoms with Crippen LogP contribution in [0.3, 0.4) is 0 Å². The fourth-order valence-electron chi connectivity index (χ4n) is 2.92. The first-order chi connectivity index (χ1) is 12.0. The van der Waals surface area contributed by atoms with Crippen LogP contribution >= 0.6 is 0 Å². The Balaban J connectivity index is 1.67. The summed E-state index contributed by atoms with van der Waals surface area (Å²) in [6.07, 6.45) is 2.12.